The molecule has 2 N–H and O–H groups in total. The number of anilines is 1. The summed E-state index contributed by atoms with van der Waals surface area (Å²) in [7, 11) is 0. The molecule has 0 aliphatic heterocycles. The first-order chi connectivity index (χ1) is 9.88. The monoisotopic (exact) mass is 407 g/mol. The highest BCUT2D eigenvalue weighted by Crippen LogP contribution is 2.35. The molecule has 0 fully saturated rings. The maximum Gasteiger partial charge on any atom is 0.205 e. The van der Waals surface area contributed by atoms with Crippen LogP contribution in [0.25, 0.3) is 16.7 Å². The van der Waals surface area contributed by atoms with E-state index in [1.165, 1.54) is 12.1 Å². The summed E-state index contributed by atoms with van der Waals surface area (Å²) >= 11 is 21.3. The van der Waals surface area contributed by atoms with E-state index in [0.29, 0.717) is 36.3 Å². The third-order valence-corrected chi connectivity index (χ3v) is 4.59. The Morgan fingerprint density at radius 1 is 1.05 bits per heavy atom. The van der Waals surface area contributed by atoms with Crippen LogP contribution in [0.3, 0.4) is 0 Å². The molecule has 3 rings (SSSR count). The lowest BCUT2D eigenvalue weighted by Gasteiger charge is -2.10. The number of aromatic nitrogens is 2. The molecule has 0 aliphatic rings. The summed E-state index contributed by atoms with van der Waals surface area (Å²) in [6, 6.07) is 5.97. The van der Waals surface area contributed by atoms with Gasteiger partial charge in [-0.15, -0.1) is 0 Å². The Balaban J connectivity index is 2.37. The van der Waals surface area contributed by atoms with E-state index in [9.17, 15) is 4.39 Å². The number of rotatable bonds is 1. The number of halogens is 5. The fourth-order valence-electron chi connectivity index (χ4n) is 2.03. The average Bonchev–Trinajstić information content (AvgIpc) is 2.70. The van der Waals surface area contributed by atoms with Crippen molar-refractivity contribution in [1.82, 2.24) is 9.55 Å². The maximum atomic E-state index is 13.6. The molecule has 3 aromatic rings. The smallest absolute Gasteiger partial charge is 0.205 e. The molecule has 0 atom stereocenters. The molecule has 3 nitrogen and oxygen atoms in total. The first kappa shape index (κ1) is 14.9. The average molecular weight is 409 g/mol. The topological polar surface area (TPSA) is 43.8 Å². The van der Waals surface area contributed by atoms with Crippen molar-refractivity contribution in [3.8, 4) is 5.69 Å². The zero-order chi connectivity index (χ0) is 15.3. The van der Waals surface area contributed by atoms with Crippen LogP contribution in [-0.2, 0) is 0 Å². The quantitative estimate of drug-likeness (QED) is 0.542. The summed E-state index contributed by atoms with van der Waals surface area (Å²) in [5.74, 6) is -0.254. The molecular weight excluding hydrogens is 403 g/mol. The van der Waals surface area contributed by atoms with Crippen molar-refractivity contribution < 1.29 is 4.39 Å². The normalized spacial score (nSPS) is 11.3. The minimum atomic E-state index is -0.424. The summed E-state index contributed by atoms with van der Waals surface area (Å²) in [5.41, 5.74) is 7.45. The van der Waals surface area contributed by atoms with E-state index < -0.39 is 5.82 Å². The standard InChI is InChI=1S/C13H6BrCl3FN3/c14-5-1-12-10(4-9(5)18)20-13(19)21(12)11-3-7(16)6(15)2-8(11)17/h1-4H,(H2,19,20). The highest BCUT2D eigenvalue weighted by Gasteiger charge is 2.16. The molecule has 0 radical (unpaired) electrons. The molecule has 0 aliphatic carbocycles. The number of fused-ring (bicyclic) bond motifs is 1. The Labute approximate surface area is 142 Å². The number of nitrogens with two attached hydrogens (primary N) is 1. The molecule has 1 aromatic heterocycles. The molecule has 0 bridgehead atoms. The van der Waals surface area contributed by atoms with Crippen LogP contribution in [0.15, 0.2) is 28.7 Å². The van der Waals surface area contributed by atoms with E-state index >= 15 is 0 Å². The Hall–Kier alpha value is -1.01. The SMILES string of the molecule is Nc1nc2cc(F)c(Br)cc2n1-c1cc(Cl)c(Cl)cc1Cl. The highest BCUT2D eigenvalue weighted by molar-refractivity contribution is 9.10. The van der Waals surface area contributed by atoms with E-state index in [1.807, 2.05) is 0 Å². The van der Waals surface area contributed by atoms with Gasteiger partial charge in [0.25, 0.3) is 0 Å². The van der Waals surface area contributed by atoms with Crippen molar-refractivity contribution in [2.45, 2.75) is 0 Å². The minimum Gasteiger partial charge on any atom is -0.369 e. The zero-order valence-corrected chi connectivity index (χ0v) is 14.0. The highest BCUT2D eigenvalue weighted by atomic mass is 79.9. The van der Waals surface area contributed by atoms with Crippen LogP contribution in [-0.4, -0.2) is 9.55 Å². The van der Waals surface area contributed by atoms with Crippen molar-refractivity contribution in [3.63, 3.8) is 0 Å². The van der Waals surface area contributed by atoms with E-state index in [1.54, 1.807) is 16.7 Å². The summed E-state index contributed by atoms with van der Waals surface area (Å²) in [6.45, 7) is 0. The van der Waals surface area contributed by atoms with Gasteiger partial charge in [-0.25, -0.2) is 9.37 Å². The van der Waals surface area contributed by atoms with E-state index in [0.717, 1.165) is 0 Å². The van der Waals surface area contributed by atoms with Gasteiger partial charge in [-0.2, -0.15) is 0 Å². The summed E-state index contributed by atoms with van der Waals surface area (Å²) in [6.07, 6.45) is 0. The predicted octanol–water partition coefficient (Wildman–Crippen LogP) is 5.47. The molecule has 1 heterocycles. The Bertz CT molecular complexity index is 879. The third kappa shape index (κ3) is 2.48. The number of nitrogens with zero attached hydrogens (tertiary/aromatic N) is 2. The van der Waals surface area contributed by atoms with Crippen molar-refractivity contribution in [2.24, 2.45) is 0 Å². The molecule has 8 heteroatoms. The summed E-state index contributed by atoms with van der Waals surface area (Å²) < 4.78 is 15.5. The second-order valence-electron chi connectivity index (χ2n) is 4.28. The molecule has 0 saturated heterocycles. The van der Waals surface area contributed by atoms with Crippen LogP contribution in [0.5, 0.6) is 0 Å². The van der Waals surface area contributed by atoms with Gasteiger partial charge in [-0.3, -0.25) is 4.57 Å². The number of imidazole rings is 1. The van der Waals surface area contributed by atoms with E-state index in [4.69, 9.17) is 40.5 Å². The molecule has 108 valence electrons. The number of benzene rings is 2. The lowest BCUT2D eigenvalue weighted by atomic mass is 10.2. The largest absolute Gasteiger partial charge is 0.369 e. The van der Waals surface area contributed by atoms with Crippen LogP contribution in [0, 0.1) is 5.82 Å². The number of nitrogen functional groups attached to an aromatic ring is 1. The van der Waals surface area contributed by atoms with Gasteiger partial charge in [0.1, 0.15) is 5.82 Å². The molecule has 0 amide bonds. The van der Waals surface area contributed by atoms with Gasteiger partial charge in [0, 0.05) is 6.07 Å². The molecule has 21 heavy (non-hydrogen) atoms. The molecule has 0 saturated carbocycles. The Morgan fingerprint density at radius 3 is 2.43 bits per heavy atom. The molecule has 0 unspecified atom stereocenters. The Morgan fingerprint density at radius 2 is 1.71 bits per heavy atom. The molecule has 2 aromatic carbocycles. The van der Waals surface area contributed by atoms with Crippen molar-refractivity contribution in [1.29, 1.82) is 0 Å². The maximum absolute atomic E-state index is 13.6. The van der Waals surface area contributed by atoms with Gasteiger partial charge in [0.05, 0.1) is 36.3 Å². The lowest BCUT2D eigenvalue weighted by molar-refractivity contribution is 0.623. The lowest BCUT2D eigenvalue weighted by Crippen LogP contribution is -2.01. The van der Waals surface area contributed by atoms with Crippen LogP contribution < -0.4 is 5.73 Å². The van der Waals surface area contributed by atoms with Crippen LogP contribution in [0.2, 0.25) is 15.1 Å². The third-order valence-electron chi connectivity index (χ3n) is 2.95. The first-order valence-corrected chi connectivity index (χ1v) is 7.59. The van der Waals surface area contributed by atoms with Gasteiger partial charge in [-0.1, -0.05) is 34.8 Å². The van der Waals surface area contributed by atoms with Crippen LogP contribution in [0.4, 0.5) is 10.3 Å². The molecule has 0 spiro atoms. The van der Waals surface area contributed by atoms with Crippen molar-refractivity contribution >= 4 is 67.7 Å². The summed E-state index contributed by atoms with van der Waals surface area (Å²) in [5, 5.41) is 1.02. The first-order valence-electron chi connectivity index (χ1n) is 5.66. The number of hydrogen-bond acceptors (Lipinski definition) is 2. The van der Waals surface area contributed by atoms with Gasteiger partial charge in [0.2, 0.25) is 5.95 Å². The van der Waals surface area contributed by atoms with Crippen molar-refractivity contribution in [2.75, 3.05) is 5.73 Å². The molecular formula is C13H6BrCl3FN3. The second-order valence-corrected chi connectivity index (χ2v) is 6.35. The van der Waals surface area contributed by atoms with E-state index in [-0.39, 0.29) is 5.95 Å². The van der Waals surface area contributed by atoms with Gasteiger partial charge < -0.3 is 5.73 Å². The fourth-order valence-corrected chi connectivity index (χ4v) is 2.98. The second kappa shape index (κ2) is 5.32. The fraction of sp³-hybridized carbons (Fsp3) is 0. The Kier molecular flexibility index (Phi) is 3.78. The van der Waals surface area contributed by atoms with Gasteiger partial charge in [0.15, 0.2) is 0 Å². The zero-order valence-electron chi connectivity index (χ0n) is 10.2. The minimum absolute atomic E-state index is 0.169. The van der Waals surface area contributed by atoms with Gasteiger partial charge >= 0.3 is 0 Å². The van der Waals surface area contributed by atoms with Crippen LogP contribution >= 0.6 is 50.7 Å². The van der Waals surface area contributed by atoms with Gasteiger partial charge in [-0.05, 0) is 34.1 Å². The van der Waals surface area contributed by atoms with Crippen LogP contribution in [0.1, 0.15) is 0 Å². The summed E-state index contributed by atoms with van der Waals surface area (Å²) in [4.78, 5) is 4.13. The van der Waals surface area contributed by atoms with E-state index in [2.05, 4.69) is 20.9 Å². The predicted molar refractivity (Wildman–Crippen MR) is 88.2 cm³/mol. The van der Waals surface area contributed by atoms with Crippen molar-refractivity contribution in [3.05, 3.63) is 49.6 Å². The number of hydrogen-bond donors (Lipinski definition) is 1.